The molecule has 39 heavy (non-hydrogen) atoms. The van der Waals surface area contributed by atoms with Crippen LogP contribution in [-0.4, -0.2) is 46.4 Å². The largest absolute Gasteiger partial charge is 0.465 e. The molecular formula is C33H39N3O3. The molecule has 6 nitrogen and oxygen atoms in total. The van der Waals surface area contributed by atoms with Crippen LogP contribution in [0.1, 0.15) is 59.5 Å². The molecule has 1 N–H and O–H groups in total. The lowest BCUT2D eigenvalue weighted by Gasteiger charge is -2.56. The topological polar surface area (TPSA) is 54.0 Å². The van der Waals surface area contributed by atoms with Crippen LogP contribution in [0.3, 0.4) is 0 Å². The lowest BCUT2D eigenvalue weighted by atomic mass is 9.77. The van der Waals surface area contributed by atoms with Gasteiger partial charge in [0.1, 0.15) is 0 Å². The summed E-state index contributed by atoms with van der Waals surface area (Å²) in [5, 5.41) is 3.49. The first-order valence-corrected chi connectivity index (χ1v) is 14.2. The summed E-state index contributed by atoms with van der Waals surface area (Å²) in [5.74, 6) is 0.377. The van der Waals surface area contributed by atoms with Gasteiger partial charge in [0.15, 0.2) is 0 Å². The maximum atomic E-state index is 12.7. The fourth-order valence-electron chi connectivity index (χ4n) is 6.33. The Morgan fingerprint density at radius 3 is 2.28 bits per heavy atom. The Kier molecular flexibility index (Phi) is 6.98. The highest BCUT2D eigenvalue weighted by molar-refractivity contribution is 5.98. The molecule has 0 bridgehead atoms. The summed E-state index contributed by atoms with van der Waals surface area (Å²) >= 11 is 0. The molecule has 0 amide bonds. The lowest BCUT2D eigenvalue weighted by Crippen LogP contribution is -2.66. The third kappa shape index (κ3) is 5.10. The number of hydrogen-bond donors (Lipinski definition) is 1. The number of aryl methyl sites for hydroxylation is 1. The van der Waals surface area contributed by atoms with Crippen LogP contribution in [0.5, 0.6) is 0 Å². The van der Waals surface area contributed by atoms with Gasteiger partial charge in [0.05, 0.1) is 37.0 Å². The van der Waals surface area contributed by atoms with Gasteiger partial charge in [-0.05, 0) is 85.3 Å². The zero-order valence-corrected chi connectivity index (χ0v) is 23.3. The smallest absolute Gasteiger partial charge is 0.340 e. The van der Waals surface area contributed by atoms with Gasteiger partial charge < -0.3 is 24.6 Å². The van der Waals surface area contributed by atoms with E-state index in [0.717, 1.165) is 60.5 Å². The van der Waals surface area contributed by atoms with Crippen LogP contribution in [0.25, 0.3) is 0 Å². The number of carbonyl (C=O) groups is 1. The molecule has 6 heteroatoms. The van der Waals surface area contributed by atoms with Crippen molar-refractivity contribution >= 4 is 34.4 Å². The van der Waals surface area contributed by atoms with Crippen molar-refractivity contribution in [2.45, 2.75) is 44.9 Å². The van der Waals surface area contributed by atoms with E-state index < -0.39 is 0 Å². The molecule has 0 aromatic heterocycles. The van der Waals surface area contributed by atoms with Crippen LogP contribution >= 0.6 is 0 Å². The average Bonchev–Trinajstić information content (AvgIpc) is 2.93. The van der Waals surface area contributed by atoms with Gasteiger partial charge in [-0.15, -0.1) is 0 Å². The molecule has 3 aromatic rings. The number of ether oxygens (including phenoxy) is 2. The van der Waals surface area contributed by atoms with Crippen molar-refractivity contribution in [3.63, 3.8) is 0 Å². The van der Waals surface area contributed by atoms with Crippen LogP contribution in [-0.2, 0) is 9.47 Å². The van der Waals surface area contributed by atoms with Crippen molar-refractivity contribution in [1.82, 2.24) is 0 Å². The van der Waals surface area contributed by atoms with Gasteiger partial charge in [0.2, 0.25) is 0 Å². The summed E-state index contributed by atoms with van der Waals surface area (Å²) in [7, 11) is 3.54. The first-order chi connectivity index (χ1) is 18.9. The van der Waals surface area contributed by atoms with Crippen LogP contribution in [0, 0.1) is 12.3 Å². The van der Waals surface area contributed by atoms with Gasteiger partial charge in [-0.1, -0.05) is 31.4 Å². The van der Waals surface area contributed by atoms with E-state index in [9.17, 15) is 4.79 Å². The molecule has 3 aromatic carbocycles. The Morgan fingerprint density at radius 1 is 0.949 bits per heavy atom. The minimum atomic E-state index is -0.341. The van der Waals surface area contributed by atoms with Crippen molar-refractivity contribution in [1.29, 1.82) is 0 Å². The highest BCUT2D eigenvalue weighted by Crippen LogP contribution is 2.41. The SMILES string of the molecule is COC(=O)c1cc(N2CC3(COC3)C2)ccc1Nc1ccc(N(C)c2ccc(C3CCCCC3)cc2)cc1C. The molecule has 6 rings (SSSR count). The van der Waals surface area contributed by atoms with Gasteiger partial charge in [-0.2, -0.15) is 0 Å². The summed E-state index contributed by atoms with van der Waals surface area (Å²) in [6.45, 7) is 5.71. The van der Waals surface area contributed by atoms with Crippen LogP contribution in [0.2, 0.25) is 0 Å². The molecule has 3 aliphatic rings. The molecule has 0 radical (unpaired) electrons. The quantitative estimate of drug-likeness (QED) is 0.330. The van der Waals surface area contributed by atoms with E-state index in [1.165, 1.54) is 50.5 Å². The highest BCUT2D eigenvalue weighted by atomic mass is 16.5. The standard InChI is InChI=1S/C33H39N3O3/c1-23-17-27(35(2)26-11-9-25(10-12-26)24-7-5-4-6-8-24)13-15-30(23)34-31-16-14-28(18-29(31)32(37)38-3)36-19-33(20-36)21-39-22-33/h9-18,24,34H,4-8,19-22H2,1-3H3. The number of carbonyl (C=O) groups excluding carboxylic acids is 1. The second kappa shape index (κ2) is 10.6. The molecule has 1 spiro atoms. The molecule has 2 saturated heterocycles. The number of hydrogen-bond acceptors (Lipinski definition) is 6. The Labute approximate surface area is 231 Å². The van der Waals surface area contributed by atoms with Crippen LogP contribution in [0.4, 0.5) is 28.4 Å². The maximum absolute atomic E-state index is 12.7. The fraction of sp³-hybridized carbons (Fsp3) is 0.424. The van der Waals surface area contributed by atoms with E-state index in [0.29, 0.717) is 11.0 Å². The van der Waals surface area contributed by atoms with Gasteiger partial charge in [-0.25, -0.2) is 4.79 Å². The van der Waals surface area contributed by atoms with E-state index in [-0.39, 0.29) is 5.97 Å². The third-order valence-electron chi connectivity index (χ3n) is 8.87. The average molecular weight is 526 g/mol. The first-order valence-electron chi connectivity index (χ1n) is 14.2. The Morgan fingerprint density at radius 2 is 1.64 bits per heavy atom. The zero-order valence-electron chi connectivity index (χ0n) is 23.3. The van der Waals surface area contributed by atoms with E-state index in [1.54, 1.807) is 0 Å². The normalized spacial score (nSPS) is 18.3. The molecule has 2 aliphatic heterocycles. The first kappa shape index (κ1) is 25.8. The van der Waals surface area contributed by atoms with E-state index in [1.807, 2.05) is 12.1 Å². The number of methoxy groups -OCH3 is 1. The summed E-state index contributed by atoms with van der Waals surface area (Å²) in [6, 6.07) is 21.5. The predicted molar refractivity (Wildman–Crippen MR) is 158 cm³/mol. The molecular weight excluding hydrogens is 486 g/mol. The summed E-state index contributed by atoms with van der Waals surface area (Å²) < 4.78 is 10.5. The monoisotopic (exact) mass is 525 g/mol. The third-order valence-corrected chi connectivity index (χ3v) is 8.87. The van der Waals surface area contributed by atoms with Crippen molar-refractivity contribution in [3.05, 3.63) is 77.4 Å². The molecule has 2 heterocycles. The van der Waals surface area contributed by atoms with Gasteiger partial charge in [-0.3, -0.25) is 0 Å². The van der Waals surface area contributed by atoms with Gasteiger partial charge in [0, 0.05) is 42.9 Å². The van der Waals surface area contributed by atoms with Gasteiger partial charge >= 0.3 is 5.97 Å². The second-order valence-corrected chi connectivity index (χ2v) is 11.7. The molecule has 0 atom stereocenters. The Bertz CT molecular complexity index is 1330. The van der Waals surface area contributed by atoms with E-state index >= 15 is 0 Å². The zero-order chi connectivity index (χ0) is 27.0. The number of nitrogens with one attached hydrogen (secondary N) is 1. The molecule has 3 fully saturated rings. The minimum Gasteiger partial charge on any atom is -0.465 e. The Hall–Kier alpha value is -3.51. The summed E-state index contributed by atoms with van der Waals surface area (Å²) in [6.07, 6.45) is 6.72. The summed E-state index contributed by atoms with van der Waals surface area (Å²) in [4.78, 5) is 17.2. The van der Waals surface area contributed by atoms with Crippen molar-refractivity contribution in [3.8, 4) is 0 Å². The lowest BCUT2D eigenvalue weighted by molar-refractivity contribution is -0.127. The number of esters is 1. The molecule has 0 unspecified atom stereocenters. The minimum absolute atomic E-state index is 0.311. The number of anilines is 5. The molecule has 204 valence electrons. The van der Waals surface area contributed by atoms with Crippen molar-refractivity contribution in [2.24, 2.45) is 5.41 Å². The van der Waals surface area contributed by atoms with Gasteiger partial charge in [0.25, 0.3) is 0 Å². The van der Waals surface area contributed by atoms with Crippen molar-refractivity contribution < 1.29 is 14.3 Å². The second-order valence-electron chi connectivity index (χ2n) is 11.7. The van der Waals surface area contributed by atoms with E-state index in [4.69, 9.17) is 9.47 Å². The highest BCUT2D eigenvalue weighted by Gasteiger charge is 2.49. The van der Waals surface area contributed by atoms with Crippen LogP contribution < -0.4 is 15.1 Å². The van der Waals surface area contributed by atoms with E-state index in [2.05, 4.69) is 77.6 Å². The number of benzene rings is 3. The molecule has 1 aliphatic carbocycles. The predicted octanol–water partition coefficient (Wildman–Crippen LogP) is 7.18. The Balaban J connectivity index is 1.17. The fourth-order valence-corrected chi connectivity index (χ4v) is 6.33. The maximum Gasteiger partial charge on any atom is 0.340 e. The molecule has 1 saturated carbocycles. The number of rotatable bonds is 7. The van der Waals surface area contributed by atoms with Crippen molar-refractivity contribution in [2.75, 3.05) is 55.6 Å². The summed E-state index contributed by atoms with van der Waals surface area (Å²) in [5.41, 5.74) is 8.49. The number of nitrogens with zero attached hydrogens (tertiary/aromatic N) is 2. The van der Waals surface area contributed by atoms with Crippen LogP contribution in [0.15, 0.2) is 60.7 Å².